The number of hydrogen-bond donors (Lipinski definition) is 3. The molecule has 0 bridgehead atoms. The number of unbranched alkanes of at least 4 members (excludes halogenated alkanes) is 17. The van der Waals surface area contributed by atoms with Gasteiger partial charge in [0, 0.05) is 6.42 Å². The van der Waals surface area contributed by atoms with E-state index in [-0.39, 0.29) is 12.3 Å². The van der Waals surface area contributed by atoms with Gasteiger partial charge >= 0.3 is 0 Å². The molecule has 0 spiro atoms. The first-order valence-corrected chi connectivity index (χ1v) is 20.6. The van der Waals surface area contributed by atoms with Crippen molar-refractivity contribution < 1.29 is 22.9 Å². The number of allylic oxidation sites excluding steroid dienone is 9. The molecule has 6 nitrogen and oxygen atoms in total. The predicted octanol–water partition coefficient (Wildman–Crippen LogP) is 10.9. The van der Waals surface area contributed by atoms with Gasteiger partial charge in [0.2, 0.25) is 5.91 Å². The van der Waals surface area contributed by atoms with Crippen molar-refractivity contribution >= 4 is 16.0 Å². The van der Waals surface area contributed by atoms with E-state index < -0.39 is 28.0 Å². The maximum absolute atomic E-state index is 12.5. The maximum Gasteiger partial charge on any atom is 0.267 e. The Morgan fingerprint density at radius 2 is 0.979 bits per heavy atom. The van der Waals surface area contributed by atoms with E-state index in [0.717, 1.165) is 57.8 Å². The topological polar surface area (TPSA) is 104 Å². The molecule has 0 fully saturated rings. The fourth-order valence-electron chi connectivity index (χ4n) is 5.27. The van der Waals surface area contributed by atoms with Gasteiger partial charge in [-0.25, -0.2) is 0 Å². The van der Waals surface area contributed by atoms with Crippen LogP contribution in [0.25, 0.3) is 0 Å². The van der Waals surface area contributed by atoms with Crippen molar-refractivity contribution in [3.05, 3.63) is 60.8 Å². The molecule has 47 heavy (non-hydrogen) atoms. The van der Waals surface area contributed by atoms with Crippen LogP contribution in [0.3, 0.4) is 0 Å². The molecule has 0 radical (unpaired) electrons. The van der Waals surface area contributed by atoms with Crippen LogP contribution in [-0.2, 0) is 14.9 Å². The molecular weight excluding hydrogens is 607 g/mol. The molecule has 0 aliphatic rings. The second-order valence-corrected chi connectivity index (χ2v) is 14.3. The average molecular weight is 678 g/mol. The number of nitrogens with one attached hydrogen (secondary N) is 1. The van der Waals surface area contributed by atoms with Crippen LogP contribution in [0, 0.1) is 0 Å². The highest BCUT2D eigenvalue weighted by molar-refractivity contribution is 7.85. The first-order valence-electron chi connectivity index (χ1n) is 19.0. The summed E-state index contributed by atoms with van der Waals surface area (Å²) in [6.07, 6.45) is 46.3. The SMILES string of the molecule is CCCCCC/C=C\C/C=C\CCCCCCCCCC(=O)NC(CS(=O)(=O)O)C(O)/C=C/CC/C=C/CC/C=C/CCCCCC. The lowest BCUT2D eigenvalue weighted by Gasteiger charge is -2.21. The molecule has 0 aromatic carbocycles. The van der Waals surface area contributed by atoms with Gasteiger partial charge in [0.15, 0.2) is 0 Å². The number of rotatable bonds is 33. The predicted molar refractivity (Wildman–Crippen MR) is 202 cm³/mol. The molecule has 0 aliphatic carbocycles. The molecule has 0 aromatic heterocycles. The van der Waals surface area contributed by atoms with E-state index in [1.165, 1.54) is 83.1 Å². The van der Waals surface area contributed by atoms with Gasteiger partial charge in [-0.2, -0.15) is 8.42 Å². The minimum absolute atomic E-state index is 0.273. The standard InChI is InChI=1S/C40H71NO5S/c1-3-5-7-9-11-13-15-17-19-20-21-22-24-26-28-30-32-34-36-40(43)41-38(37-47(44,45)46)39(42)35-33-31-29-27-25-23-18-16-14-12-10-8-6-4-2/h13-16,19-20,25,27,33,35,38-39,42H,3-12,17-18,21-24,26,28-32,34,36-37H2,1-2H3,(H,41,43)(H,44,45,46)/b15-13-,16-14+,20-19-,27-25+,35-33+. The highest BCUT2D eigenvalue weighted by Gasteiger charge is 2.24. The van der Waals surface area contributed by atoms with Gasteiger partial charge in [-0.1, -0.05) is 145 Å². The summed E-state index contributed by atoms with van der Waals surface area (Å²) in [6.45, 7) is 4.47. The molecular formula is C40H71NO5S. The second kappa shape index (κ2) is 33.9. The minimum atomic E-state index is -4.36. The molecule has 2 unspecified atom stereocenters. The Hall–Kier alpha value is -1.96. The lowest BCUT2D eigenvalue weighted by molar-refractivity contribution is -0.122. The molecule has 0 saturated carbocycles. The van der Waals surface area contributed by atoms with Gasteiger partial charge in [-0.15, -0.1) is 0 Å². The molecule has 0 aromatic rings. The van der Waals surface area contributed by atoms with E-state index in [2.05, 4.69) is 67.8 Å². The summed E-state index contributed by atoms with van der Waals surface area (Å²) in [4.78, 5) is 12.5. The van der Waals surface area contributed by atoms with Gasteiger partial charge in [-0.05, 0) is 77.0 Å². The van der Waals surface area contributed by atoms with Crippen LogP contribution in [-0.4, -0.2) is 41.9 Å². The van der Waals surface area contributed by atoms with Crippen LogP contribution in [0.2, 0.25) is 0 Å². The van der Waals surface area contributed by atoms with E-state index in [1.807, 2.05) is 0 Å². The van der Waals surface area contributed by atoms with Crippen LogP contribution in [0.15, 0.2) is 60.8 Å². The third-order valence-corrected chi connectivity index (χ3v) is 8.92. The monoisotopic (exact) mass is 678 g/mol. The van der Waals surface area contributed by atoms with E-state index in [1.54, 1.807) is 6.08 Å². The Labute approximate surface area is 290 Å². The first-order chi connectivity index (χ1) is 22.8. The number of amides is 1. The van der Waals surface area contributed by atoms with Gasteiger partial charge < -0.3 is 10.4 Å². The van der Waals surface area contributed by atoms with Crippen molar-refractivity contribution in [2.75, 3.05) is 5.75 Å². The van der Waals surface area contributed by atoms with Gasteiger partial charge in [0.25, 0.3) is 10.1 Å². The van der Waals surface area contributed by atoms with E-state index in [9.17, 15) is 22.9 Å². The first kappa shape index (κ1) is 45.0. The van der Waals surface area contributed by atoms with Crippen molar-refractivity contribution in [3.63, 3.8) is 0 Å². The average Bonchev–Trinajstić information content (AvgIpc) is 3.03. The van der Waals surface area contributed by atoms with Crippen molar-refractivity contribution in [2.45, 2.75) is 180 Å². The summed E-state index contributed by atoms with van der Waals surface area (Å²) in [5.41, 5.74) is 0. The fourth-order valence-corrected chi connectivity index (χ4v) is 6.01. The number of carbonyl (C=O) groups is 1. The molecule has 0 aliphatic heterocycles. The molecule has 1 amide bonds. The summed E-state index contributed by atoms with van der Waals surface area (Å²) < 4.78 is 32.4. The smallest absolute Gasteiger partial charge is 0.267 e. The molecule has 3 N–H and O–H groups in total. The van der Waals surface area contributed by atoms with E-state index >= 15 is 0 Å². The summed E-state index contributed by atoms with van der Waals surface area (Å²) >= 11 is 0. The van der Waals surface area contributed by atoms with Crippen LogP contribution >= 0.6 is 0 Å². The maximum atomic E-state index is 12.5. The Morgan fingerprint density at radius 3 is 1.47 bits per heavy atom. The molecule has 0 heterocycles. The van der Waals surface area contributed by atoms with Crippen LogP contribution < -0.4 is 5.32 Å². The lowest BCUT2D eigenvalue weighted by Crippen LogP contribution is -2.46. The Kier molecular flexibility index (Phi) is 32.5. The van der Waals surface area contributed by atoms with Crippen molar-refractivity contribution in [2.24, 2.45) is 0 Å². The minimum Gasteiger partial charge on any atom is -0.387 e. The number of hydrogen-bond acceptors (Lipinski definition) is 4. The molecule has 0 rings (SSSR count). The van der Waals surface area contributed by atoms with Gasteiger partial charge in [0.05, 0.1) is 17.9 Å². The van der Waals surface area contributed by atoms with Crippen molar-refractivity contribution in [1.29, 1.82) is 0 Å². The Morgan fingerprint density at radius 1 is 0.574 bits per heavy atom. The van der Waals surface area contributed by atoms with Crippen LogP contribution in [0.1, 0.15) is 168 Å². The lowest BCUT2D eigenvalue weighted by atomic mass is 10.1. The largest absolute Gasteiger partial charge is 0.387 e. The third kappa shape index (κ3) is 35.2. The van der Waals surface area contributed by atoms with Crippen LogP contribution in [0.4, 0.5) is 0 Å². The zero-order valence-corrected chi connectivity index (χ0v) is 30.9. The van der Waals surface area contributed by atoms with E-state index in [4.69, 9.17) is 0 Å². The normalized spacial score (nSPS) is 14.0. The van der Waals surface area contributed by atoms with Crippen molar-refractivity contribution in [3.8, 4) is 0 Å². The summed E-state index contributed by atoms with van der Waals surface area (Å²) in [6, 6.07) is -1.08. The number of aliphatic hydroxyl groups excluding tert-OH is 1. The quantitative estimate of drug-likeness (QED) is 0.0364. The third-order valence-electron chi connectivity index (χ3n) is 8.14. The van der Waals surface area contributed by atoms with E-state index in [0.29, 0.717) is 12.8 Å². The highest BCUT2D eigenvalue weighted by atomic mass is 32.2. The Balaban J connectivity index is 4.05. The van der Waals surface area contributed by atoms with Gasteiger partial charge in [-0.3, -0.25) is 9.35 Å². The van der Waals surface area contributed by atoms with Crippen molar-refractivity contribution in [1.82, 2.24) is 5.32 Å². The number of carbonyl (C=O) groups excluding carboxylic acids is 1. The summed E-state index contributed by atoms with van der Waals surface area (Å²) in [5.74, 6) is -1.02. The molecule has 7 heteroatoms. The highest BCUT2D eigenvalue weighted by Crippen LogP contribution is 2.11. The Bertz CT molecular complexity index is 967. The second-order valence-electron chi connectivity index (χ2n) is 12.8. The van der Waals surface area contributed by atoms with Crippen LogP contribution in [0.5, 0.6) is 0 Å². The zero-order valence-electron chi connectivity index (χ0n) is 30.1. The molecule has 0 saturated heterocycles. The fraction of sp³-hybridized carbons (Fsp3) is 0.725. The summed E-state index contributed by atoms with van der Waals surface area (Å²) in [7, 11) is -4.36. The van der Waals surface area contributed by atoms with Gasteiger partial charge in [0.1, 0.15) is 0 Å². The zero-order chi connectivity index (χ0) is 34.7. The molecule has 2 atom stereocenters. The number of aliphatic hydroxyl groups is 1. The summed E-state index contributed by atoms with van der Waals surface area (Å²) in [5, 5.41) is 13.1. The molecule has 272 valence electrons.